The first-order valence-electron chi connectivity index (χ1n) is 11.0. The molecule has 0 radical (unpaired) electrons. The SMILES string of the molecule is Cc1ccc(-c2cnc(N)nc2N[C@H](C)c2nc3cccc(Cl)c3c(=O)n2-c2ccccc2)cn1. The molecule has 3 N–H and O–H groups in total. The van der Waals surface area contributed by atoms with Crippen LogP contribution < -0.4 is 16.6 Å². The van der Waals surface area contributed by atoms with Crippen LogP contribution in [0.3, 0.4) is 0 Å². The van der Waals surface area contributed by atoms with Crippen molar-refractivity contribution < 1.29 is 0 Å². The zero-order valence-corrected chi connectivity index (χ0v) is 19.9. The minimum absolute atomic E-state index is 0.127. The predicted molar refractivity (Wildman–Crippen MR) is 139 cm³/mol. The molecule has 0 aliphatic carbocycles. The standard InChI is InChI=1S/C26H22ClN7O/c1-15-11-12-17(13-29-15)19-14-30-26(28)33-23(19)31-16(2)24-32-21-10-6-9-20(27)22(21)25(35)34(24)18-7-4-3-5-8-18/h3-14,16H,1-2H3,(H3,28,30,31,33)/t16-/m1/s1. The minimum atomic E-state index is -0.433. The summed E-state index contributed by atoms with van der Waals surface area (Å²) in [5.41, 5.74) is 9.34. The van der Waals surface area contributed by atoms with Crippen molar-refractivity contribution in [2.45, 2.75) is 19.9 Å². The van der Waals surface area contributed by atoms with E-state index in [-0.39, 0.29) is 11.5 Å². The van der Waals surface area contributed by atoms with Crippen LogP contribution in [0.15, 0.2) is 77.9 Å². The van der Waals surface area contributed by atoms with Crippen LogP contribution in [0, 0.1) is 6.92 Å². The Morgan fingerprint density at radius 1 is 0.971 bits per heavy atom. The smallest absolute Gasteiger partial charge is 0.267 e. The van der Waals surface area contributed by atoms with Gasteiger partial charge in [-0.3, -0.25) is 14.3 Å². The van der Waals surface area contributed by atoms with Gasteiger partial charge in [0.1, 0.15) is 11.6 Å². The number of nitrogen functional groups attached to an aromatic ring is 1. The number of para-hydroxylation sites is 1. The zero-order valence-electron chi connectivity index (χ0n) is 19.1. The molecule has 1 atom stereocenters. The highest BCUT2D eigenvalue weighted by Crippen LogP contribution is 2.30. The van der Waals surface area contributed by atoms with Crippen LogP contribution in [0.4, 0.5) is 11.8 Å². The summed E-state index contributed by atoms with van der Waals surface area (Å²) in [5, 5.41) is 4.11. The Bertz CT molecular complexity index is 1580. The fourth-order valence-electron chi connectivity index (χ4n) is 3.94. The van der Waals surface area contributed by atoms with Crippen molar-refractivity contribution in [1.29, 1.82) is 0 Å². The lowest BCUT2D eigenvalue weighted by Crippen LogP contribution is -2.27. The molecule has 3 aromatic heterocycles. The van der Waals surface area contributed by atoms with Crippen molar-refractivity contribution in [3.63, 3.8) is 0 Å². The summed E-state index contributed by atoms with van der Waals surface area (Å²) >= 11 is 6.39. The summed E-state index contributed by atoms with van der Waals surface area (Å²) in [5.74, 6) is 1.14. The zero-order chi connectivity index (χ0) is 24.5. The number of aromatic nitrogens is 5. The van der Waals surface area contributed by atoms with Crippen molar-refractivity contribution in [3.05, 3.63) is 100.0 Å². The van der Waals surface area contributed by atoms with Gasteiger partial charge in [-0.25, -0.2) is 9.97 Å². The second-order valence-corrected chi connectivity index (χ2v) is 8.53. The molecule has 5 rings (SSSR count). The molecule has 0 unspecified atom stereocenters. The van der Waals surface area contributed by atoms with E-state index in [0.29, 0.717) is 33.3 Å². The maximum atomic E-state index is 13.7. The highest BCUT2D eigenvalue weighted by molar-refractivity contribution is 6.35. The van der Waals surface area contributed by atoms with Gasteiger partial charge >= 0.3 is 0 Å². The highest BCUT2D eigenvalue weighted by atomic mass is 35.5. The first-order valence-corrected chi connectivity index (χ1v) is 11.4. The highest BCUT2D eigenvalue weighted by Gasteiger charge is 2.21. The maximum Gasteiger partial charge on any atom is 0.267 e. The maximum absolute atomic E-state index is 13.7. The average molecular weight is 484 g/mol. The third kappa shape index (κ3) is 4.31. The van der Waals surface area contributed by atoms with E-state index in [1.54, 1.807) is 35.2 Å². The fraction of sp³-hybridized carbons (Fsp3) is 0.115. The molecule has 8 nitrogen and oxygen atoms in total. The van der Waals surface area contributed by atoms with Crippen molar-refractivity contribution in [1.82, 2.24) is 24.5 Å². The molecule has 0 amide bonds. The minimum Gasteiger partial charge on any atom is -0.368 e. The Morgan fingerprint density at radius 2 is 1.77 bits per heavy atom. The number of hydrogen-bond donors (Lipinski definition) is 2. The van der Waals surface area contributed by atoms with Gasteiger partial charge < -0.3 is 11.1 Å². The third-order valence-electron chi connectivity index (χ3n) is 5.66. The predicted octanol–water partition coefficient (Wildman–Crippen LogP) is 4.95. The summed E-state index contributed by atoms with van der Waals surface area (Å²) in [6.07, 6.45) is 3.41. The molecule has 5 aromatic rings. The van der Waals surface area contributed by atoms with Crippen LogP contribution >= 0.6 is 11.6 Å². The van der Waals surface area contributed by atoms with E-state index in [1.807, 2.05) is 56.3 Å². The van der Waals surface area contributed by atoms with Crippen LogP contribution in [0.5, 0.6) is 0 Å². The van der Waals surface area contributed by atoms with Crippen LogP contribution in [0.2, 0.25) is 5.02 Å². The number of benzene rings is 2. The van der Waals surface area contributed by atoms with E-state index in [0.717, 1.165) is 16.8 Å². The van der Waals surface area contributed by atoms with Crippen molar-refractivity contribution in [3.8, 4) is 16.8 Å². The van der Waals surface area contributed by atoms with Crippen LogP contribution in [-0.4, -0.2) is 24.5 Å². The molecule has 174 valence electrons. The summed E-state index contributed by atoms with van der Waals surface area (Å²) in [6.45, 7) is 3.83. The summed E-state index contributed by atoms with van der Waals surface area (Å²) in [4.78, 5) is 31.5. The molecule has 0 fully saturated rings. The first kappa shape index (κ1) is 22.5. The summed E-state index contributed by atoms with van der Waals surface area (Å²) in [6, 6.07) is 18.0. The second-order valence-electron chi connectivity index (χ2n) is 8.12. The lowest BCUT2D eigenvalue weighted by atomic mass is 10.1. The largest absolute Gasteiger partial charge is 0.368 e. The molecule has 0 aliphatic heterocycles. The van der Waals surface area contributed by atoms with E-state index in [4.69, 9.17) is 22.3 Å². The normalized spacial score (nSPS) is 12.0. The van der Waals surface area contributed by atoms with Crippen molar-refractivity contribution >= 4 is 34.3 Å². The van der Waals surface area contributed by atoms with E-state index in [9.17, 15) is 4.79 Å². The van der Waals surface area contributed by atoms with Crippen LogP contribution in [0.25, 0.3) is 27.7 Å². The Kier molecular flexibility index (Phi) is 5.88. The van der Waals surface area contributed by atoms with Gasteiger partial charge in [0.2, 0.25) is 5.95 Å². The number of nitrogens with two attached hydrogens (primary N) is 1. The molecule has 0 saturated heterocycles. The van der Waals surface area contributed by atoms with Gasteiger partial charge in [-0.2, -0.15) is 4.98 Å². The molecule has 9 heteroatoms. The van der Waals surface area contributed by atoms with E-state index >= 15 is 0 Å². The van der Waals surface area contributed by atoms with Crippen LogP contribution in [0.1, 0.15) is 24.5 Å². The first-order chi connectivity index (χ1) is 16.9. The van der Waals surface area contributed by atoms with Crippen molar-refractivity contribution in [2.24, 2.45) is 0 Å². The number of aryl methyl sites for hydroxylation is 1. The number of hydrogen-bond acceptors (Lipinski definition) is 7. The molecule has 35 heavy (non-hydrogen) atoms. The van der Waals surface area contributed by atoms with Gasteiger partial charge in [-0.05, 0) is 44.2 Å². The molecule has 3 heterocycles. The Morgan fingerprint density at radius 3 is 2.51 bits per heavy atom. The van der Waals surface area contributed by atoms with Gasteiger partial charge in [-0.1, -0.05) is 41.9 Å². The fourth-order valence-corrected chi connectivity index (χ4v) is 4.19. The lowest BCUT2D eigenvalue weighted by molar-refractivity contribution is 0.731. The summed E-state index contributed by atoms with van der Waals surface area (Å²) in [7, 11) is 0. The van der Waals surface area contributed by atoms with Crippen LogP contribution in [-0.2, 0) is 0 Å². The third-order valence-corrected chi connectivity index (χ3v) is 5.97. The quantitative estimate of drug-likeness (QED) is 0.363. The number of nitrogens with zero attached hydrogens (tertiary/aromatic N) is 5. The molecule has 2 aromatic carbocycles. The van der Waals surface area contributed by atoms with Gasteiger partial charge in [0.25, 0.3) is 5.56 Å². The van der Waals surface area contributed by atoms with Gasteiger partial charge in [0, 0.05) is 29.2 Å². The number of halogens is 1. The van der Waals surface area contributed by atoms with Gasteiger partial charge in [0.05, 0.1) is 27.7 Å². The molecule has 0 bridgehead atoms. The molecular weight excluding hydrogens is 462 g/mol. The lowest BCUT2D eigenvalue weighted by Gasteiger charge is -2.21. The molecule has 0 aliphatic rings. The summed E-state index contributed by atoms with van der Waals surface area (Å²) < 4.78 is 1.57. The average Bonchev–Trinajstić information content (AvgIpc) is 2.85. The van der Waals surface area contributed by atoms with Gasteiger partial charge in [-0.15, -0.1) is 0 Å². The number of anilines is 2. The Labute approximate surface area is 206 Å². The van der Waals surface area contributed by atoms with E-state index < -0.39 is 6.04 Å². The number of rotatable bonds is 5. The monoisotopic (exact) mass is 483 g/mol. The van der Waals surface area contributed by atoms with E-state index in [2.05, 4.69) is 20.3 Å². The number of nitrogens with one attached hydrogen (secondary N) is 1. The van der Waals surface area contributed by atoms with Crippen molar-refractivity contribution in [2.75, 3.05) is 11.1 Å². The number of fused-ring (bicyclic) bond motifs is 1. The van der Waals surface area contributed by atoms with E-state index in [1.165, 1.54) is 0 Å². The molecular formula is C26H22ClN7O. The second kappa shape index (κ2) is 9.15. The molecule has 0 saturated carbocycles. The Hall–Kier alpha value is -4.30. The van der Waals surface area contributed by atoms with Gasteiger partial charge in [0.15, 0.2) is 0 Å². The Balaban J connectivity index is 1.66. The molecule has 0 spiro atoms. The number of pyridine rings is 1. The topological polar surface area (TPSA) is 112 Å².